The van der Waals surface area contributed by atoms with Gasteiger partial charge in [-0.1, -0.05) is 13.8 Å². The van der Waals surface area contributed by atoms with Crippen molar-refractivity contribution in [2.45, 2.75) is 33.8 Å². The fourth-order valence-corrected chi connectivity index (χ4v) is 2.26. The molecule has 0 radical (unpaired) electrons. The van der Waals surface area contributed by atoms with E-state index in [1.807, 2.05) is 0 Å². The van der Waals surface area contributed by atoms with E-state index in [1.54, 1.807) is 0 Å². The van der Waals surface area contributed by atoms with Crippen molar-refractivity contribution < 1.29 is 4.74 Å². The molecule has 0 aromatic rings. The van der Waals surface area contributed by atoms with E-state index < -0.39 is 0 Å². The normalized spacial score (nSPS) is 29.1. The van der Waals surface area contributed by atoms with Crippen LogP contribution in [-0.4, -0.2) is 50.3 Å². The summed E-state index contributed by atoms with van der Waals surface area (Å²) in [6, 6.07) is 0. The predicted octanol–water partition coefficient (Wildman–Crippen LogP) is 1.59. The van der Waals surface area contributed by atoms with Crippen LogP contribution >= 0.6 is 0 Å². The van der Waals surface area contributed by atoms with Crippen LogP contribution in [-0.2, 0) is 4.74 Å². The zero-order chi connectivity index (χ0) is 12.0. The molecule has 0 aliphatic carbocycles. The molecule has 16 heavy (non-hydrogen) atoms. The van der Waals surface area contributed by atoms with Crippen LogP contribution in [0.15, 0.2) is 0 Å². The second kappa shape index (κ2) is 7.25. The zero-order valence-electron chi connectivity index (χ0n) is 11.3. The van der Waals surface area contributed by atoms with Crippen molar-refractivity contribution >= 4 is 0 Å². The van der Waals surface area contributed by atoms with Gasteiger partial charge in [0.25, 0.3) is 0 Å². The van der Waals surface area contributed by atoms with Gasteiger partial charge >= 0.3 is 0 Å². The highest BCUT2D eigenvalue weighted by molar-refractivity contribution is 4.72. The number of ether oxygens (including phenoxy) is 1. The maximum Gasteiger partial charge on any atom is 0.0596 e. The summed E-state index contributed by atoms with van der Waals surface area (Å²) in [6.07, 6.45) is 0.353. The fraction of sp³-hybridized carbons (Fsp3) is 1.00. The lowest BCUT2D eigenvalue weighted by molar-refractivity contribution is 0.0510. The van der Waals surface area contributed by atoms with E-state index in [0.29, 0.717) is 6.10 Å². The highest BCUT2D eigenvalue weighted by atomic mass is 16.5. The van der Waals surface area contributed by atoms with Crippen molar-refractivity contribution in [1.82, 2.24) is 10.2 Å². The van der Waals surface area contributed by atoms with Gasteiger partial charge in [-0.05, 0) is 38.8 Å². The quantitative estimate of drug-likeness (QED) is 0.791. The molecule has 0 aromatic heterocycles. The molecule has 1 saturated heterocycles. The summed E-state index contributed by atoms with van der Waals surface area (Å²) in [7, 11) is 0. The standard InChI is InChI=1S/C13H28N2O/c1-11(2)16-6-5-15-9-12(3)7-14-8-13(4)10-15/h11-14H,5-10H2,1-4H3. The molecule has 1 aliphatic heterocycles. The summed E-state index contributed by atoms with van der Waals surface area (Å²) in [5, 5.41) is 3.52. The van der Waals surface area contributed by atoms with Crippen molar-refractivity contribution in [2.24, 2.45) is 11.8 Å². The van der Waals surface area contributed by atoms with Crippen LogP contribution in [0.5, 0.6) is 0 Å². The van der Waals surface area contributed by atoms with Crippen molar-refractivity contribution in [3.63, 3.8) is 0 Å². The SMILES string of the molecule is CC1CNCC(C)CN(CCOC(C)C)C1. The van der Waals surface area contributed by atoms with Crippen LogP contribution in [0.1, 0.15) is 27.7 Å². The molecule has 0 aromatic carbocycles. The van der Waals surface area contributed by atoms with E-state index in [-0.39, 0.29) is 0 Å². The Morgan fingerprint density at radius 3 is 2.25 bits per heavy atom. The lowest BCUT2D eigenvalue weighted by Crippen LogP contribution is -2.43. The minimum absolute atomic E-state index is 0.353. The number of hydrogen-bond acceptors (Lipinski definition) is 3. The molecule has 1 rings (SSSR count). The van der Waals surface area contributed by atoms with Crippen LogP contribution in [0.2, 0.25) is 0 Å². The average Bonchev–Trinajstić information content (AvgIpc) is 2.14. The lowest BCUT2D eigenvalue weighted by Gasteiger charge is -2.31. The van der Waals surface area contributed by atoms with Gasteiger partial charge in [0.1, 0.15) is 0 Å². The first-order chi connectivity index (χ1) is 7.58. The van der Waals surface area contributed by atoms with Gasteiger partial charge in [0, 0.05) is 19.6 Å². The van der Waals surface area contributed by atoms with Crippen LogP contribution in [0.3, 0.4) is 0 Å². The van der Waals surface area contributed by atoms with Crippen LogP contribution in [0, 0.1) is 11.8 Å². The average molecular weight is 228 g/mol. The molecular weight excluding hydrogens is 200 g/mol. The summed E-state index contributed by atoms with van der Waals surface area (Å²) >= 11 is 0. The van der Waals surface area contributed by atoms with Crippen molar-refractivity contribution in [3.8, 4) is 0 Å². The second-order valence-electron chi connectivity index (χ2n) is 5.55. The minimum atomic E-state index is 0.353. The van der Waals surface area contributed by atoms with Gasteiger partial charge in [0.05, 0.1) is 12.7 Å². The van der Waals surface area contributed by atoms with Gasteiger partial charge in [0.15, 0.2) is 0 Å². The Labute approximate surface area is 101 Å². The molecule has 1 N–H and O–H groups in total. The van der Waals surface area contributed by atoms with E-state index >= 15 is 0 Å². The number of nitrogens with one attached hydrogen (secondary N) is 1. The molecule has 2 atom stereocenters. The molecule has 0 spiro atoms. The molecule has 0 saturated carbocycles. The Morgan fingerprint density at radius 2 is 1.75 bits per heavy atom. The highest BCUT2D eigenvalue weighted by Gasteiger charge is 2.16. The first-order valence-corrected chi connectivity index (χ1v) is 6.62. The monoisotopic (exact) mass is 228 g/mol. The first-order valence-electron chi connectivity index (χ1n) is 6.62. The fourth-order valence-electron chi connectivity index (χ4n) is 2.26. The van der Waals surface area contributed by atoms with Crippen molar-refractivity contribution in [3.05, 3.63) is 0 Å². The molecule has 1 heterocycles. The van der Waals surface area contributed by atoms with Gasteiger partial charge in [-0.2, -0.15) is 0 Å². The van der Waals surface area contributed by atoms with Crippen molar-refractivity contribution in [1.29, 1.82) is 0 Å². The third kappa shape index (κ3) is 5.83. The summed E-state index contributed by atoms with van der Waals surface area (Å²) in [4.78, 5) is 2.55. The molecule has 0 bridgehead atoms. The number of nitrogens with zero attached hydrogens (tertiary/aromatic N) is 1. The van der Waals surface area contributed by atoms with Gasteiger partial charge in [0.2, 0.25) is 0 Å². The number of rotatable bonds is 4. The summed E-state index contributed by atoms with van der Waals surface area (Å²) < 4.78 is 5.63. The highest BCUT2D eigenvalue weighted by Crippen LogP contribution is 2.07. The summed E-state index contributed by atoms with van der Waals surface area (Å²) in [5.41, 5.74) is 0. The first kappa shape index (κ1) is 13.9. The third-order valence-electron chi connectivity index (χ3n) is 2.98. The number of hydrogen-bond donors (Lipinski definition) is 1. The molecule has 3 nitrogen and oxygen atoms in total. The van der Waals surface area contributed by atoms with E-state index in [4.69, 9.17) is 4.74 Å². The molecule has 96 valence electrons. The molecule has 2 unspecified atom stereocenters. The second-order valence-corrected chi connectivity index (χ2v) is 5.55. The van der Waals surface area contributed by atoms with Gasteiger partial charge in [-0.3, -0.25) is 0 Å². The molecule has 3 heteroatoms. The van der Waals surface area contributed by atoms with Gasteiger partial charge in [-0.15, -0.1) is 0 Å². The maximum absolute atomic E-state index is 5.63. The van der Waals surface area contributed by atoms with Crippen molar-refractivity contribution in [2.75, 3.05) is 39.3 Å². The van der Waals surface area contributed by atoms with E-state index in [2.05, 4.69) is 37.9 Å². The summed E-state index contributed by atoms with van der Waals surface area (Å²) in [5.74, 6) is 1.48. The summed E-state index contributed by atoms with van der Waals surface area (Å²) in [6.45, 7) is 15.5. The van der Waals surface area contributed by atoms with Crippen LogP contribution < -0.4 is 5.32 Å². The van der Waals surface area contributed by atoms with E-state index in [9.17, 15) is 0 Å². The third-order valence-corrected chi connectivity index (χ3v) is 2.98. The Kier molecular flexibility index (Phi) is 6.32. The van der Waals surface area contributed by atoms with E-state index in [1.165, 1.54) is 13.1 Å². The molecular formula is C13H28N2O. The molecule has 1 fully saturated rings. The van der Waals surface area contributed by atoms with Gasteiger partial charge < -0.3 is 15.0 Å². The minimum Gasteiger partial charge on any atom is -0.377 e. The Balaban J connectivity index is 2.29. The topological polar surface area (TPSA) is 24.5 Å². The maximum atomic E-state index is 5.63. The van der Waals surface area contributed by atoms with Crippen LogP contribution in [0.4, 0.5) is 0 Å². The molecule has 0 amide bonds. The largest absolute Gasteiger partial charge is 0.377 e. The van der Waals surface area contributed by atoms with E-state index in [0.717, 1.165) is 38.1 Å². The molecule has 1 aliphatic rings. The Morgan fingerprint density at radius 1 is 1.19 bits per heavy atom. The smallest absolute Gasteiger partial charge is 0.0596 e. The predicted molar refractivity (Wildman–Crippen MR) is 68.7 cm³/mol. The Bertz CT molecular complexity index is 173. The zero-order valence-corrected chi connectivity index (χ0v) is 11.3. The lowest BCUT2D eigenvalue weighted by atomic mass is 10.1. The van der Waals surface area contributed by atoms with Crippen LogP contribution in [0.25, 0.3) is 0 Å². The van der Waals surface area contributed by atoms with Gasteiger partial charge in [-0.25, -0.2) is 0 Å². The Hall–Kier alpha value is -0.120.